The lowest BCUT2D eigenvalue weighted by Crippen LogP contribution is -2.57. The fourth-order valence-electron chi connectivity index (χ4n) is 25.5. The van der Waals surface area contributed by atoms with Gasteiger partial charge < -0.3 is 4.74 Å². The summed E-state index contributed by atoms with van der Waals surface area (Å²) in [5, 5.41) is 88.6. The molecule has 33 rings (SSSR count). The van der Waals surface area contributed by atoms with Crippen LogP contribution in [0.15, 0.2) is 0 Å². The van der Waals surface area contributed by atoms with Crippen LogP contribution in [-0.4, -0.2) is 17.4 Å². The molecule has 5 aliphatic rings. The molecule has 0 heterocycles. The number of alkyl halides is 1. The average Bonchev–Trinajstić information content (AvgIpc) is 4.21. The monoisotopic (exact) mass is 912 g/mol. The minimum Gasteiger partial charge on any atom is -0.462 e. The molecule has 0 N–H and O–H groups in total. The molecule has 28 aromatic carbocycles. The summed E-state index contributed by atoms with van der Waals surface area (Å²) >= 11 is 3.57. The Kier molecular flexibility index (Phi) is 2.26. The zero-order valence-electron chi connectivity index (χ0n) is 35.1. The molecule has 2 spiro atoms. The molecule has 69 heavy (non-hydrogen) atoms. The summed E-state index contributed by atoms with van der Waals surface area (Å²) in [6.07, 6.45) is 2.63. The van der Waals surface area contributed by atoms with Gasteiger partial charge in [0.25, 0.3) is 0 Å². The van der Waals surface area contributed by atoms with Crippen molar-refractivity contribution in [1.29, 1.82) is 0 Å². The molecule has 1 unspecified atom stereocenters. The summed E-state index contributed by atoms with van der Waals surface area (Å²) < 4.78 is 6.80. The molecule has 3 heteroatoms. The molecule has 28 aromatic rings. The summed E-state index contributed by atoms with van der Waals surface area (Å²) in [6, 6.07) is 0. The van der Waals surface area contributed by atoms with Crippen LogP contribution in [0.3, 0.4) is 0 Å². The van der Waals surface area contributed by atoms with Crippen molar-refractivity contribution in [3.8, 4) is 0 Å². The van der Waals surface area contributed by atoms with E-state index in [1.807, 2.05) is 0 Å². The molecule has 0 aliphatic heterocycles. The molecular formula is C66H9BrO2. The van der Waals surface area contributed by atoms with E-state index < -0.39 is 0 Å². The predicted octanol–water partition coefficient (Wildman–Crippen LogP) is 17.8. The zero-order chi connectivity index (χ0) is 41.2. The highest BCUT2D eigenvalue weighted by Gasteiger charge is 2.71. The third-order valence-corrected chi connectivity index (χ3v) is 25.9. The van der Waals surface area contributed by atoms with Gasteiger partial charge in [0.2, 0.25) is 0 Å². The van der Waals surface area contributed by atoms with E-state index in [0.717, 1.165) is 19.3 Å². The highest BCUT2D eigenvalue weighted by Crippen LogP contribution is 2.86. The van der Waals surface area contributed by atoms with E-state index in [2.05, 4.69) is 15.9 Å². The Morgan fingerprint density at radius 1 is 0.304 bits per heavy atom. The van der Waals surface area contributed by atoms with Crippen LogP contribution in [0, 0.1) is 0 Å². The van der Waals surface area contributed by atoms with Crippen LogP contribution in [0.1, 0.15) is 41.5 Å². The molecule has 0 aromatic heterocycles. The summed E-state index contributed by atoms with van der Waals surface area (Å²) in [5.41, 5.74) is 6.20. The van der Waals surface area contributed by atoms with Gasteiger partial charge in [-0.25, -0.2) is 0 Å². The lowest BCUT2D eigenvalue weighted by atomic mass is 9.43. The molecule has 292 valence electrons. The summed E-state index contributed by atoms with van der Waals surface area (Å²) in [6.45, 7) is 0. The number of halogens is 1. The number of ether oxygens (including phenoxy) is 1. The van der Waals surface area contributed by atoms with E-state index in [9.17, 15) is 4.79 Å². The number of hydrogen-bond donors (Lipinski definition) is 0. The topological polar surface area (TPSA) is 26.3 Å². The van der Waals surface area contributed by atoms with Gasteiger partial charge in [0.05, 0.1) is 0 Å². The van der Waals surface area contributed by atoms with Crippen LogP contribution in [0.25, 0.3) is 291 Å². The first-order valence-corrected chi connectivity index (χ1v) is 26.9. The second-order valence-electron chi connectivity index (χ2n) is 25.5. The fourth-order valence-corrected chi connectivity index (χ4v) is 25.7. The van der Waals surface area contributed by atoms with Crippen LogP contribution in [0.2, 0.25) is 0 Å². The van der Waals surface area contributed by atoms with Crippen molar-refractivity contribution in [1.82, 2.24) is 0 Å². The van der Waals surface area contributed by atoms with Crippen LogP contribution in [0.5, 0.6) is 0 Å². The van der Waals surface area contributed by atoms with Gasteiger partial charge in [0, 0.05) is 10.8 Å². The molecule has 1 fully saturated rings. The van der Waals surface area contributed by atoms with Crippen molar-refractivity contribution in [2.45, 2.75) is 36.2 Å². The Morgan fingerprint density at radius 2 is 0.478 bits per heavy atom. The van der Waals surface area contributed by atoms with Gasteiger partial charge in [-0.15, -0.1) is 0 Å². The predicted molar refractivity (Wildman–Crippen MR) is 291 cm³/mol. The first-order chi connectivity index (χ1) is 34.3. The van der Waals surface area contributed by atoms with Gasteiger partial charge in [-0.1, -0.05) is 15.9 Å². The highest BCUT2D eigenvalue weighted by atomic mass is 79.9. The standard InChI is InChI=1S/C66H9BrO2/c67-4-6(68)69-5-1-2-65-61-53-45-35-25-17-9-7-8-11-15-13(9)21-29-23(15)33-27-19(11)20-12(8)16-14-10(7)18(17)26-32-22(14)30-24(16)34-28(20)38-37(27)47-41(33)51-43(29)49(39(45)31(21)25)55(61)57(51)63-59(47)60-48(38)42(34)52-44(30)50-40(32)46(36(26)35)54(53)62(65)56(50)58(52)64(60)66(63,65)3-5/h5H,1-4H2. The van der Waals surface area contributed by atoms with Crippen LogP contribution >= 0.6 is 15.9 Å². The van der Waals surface area contributed by atoms with Crippen LogP contribution < -0.4 is 0 Å². The number of esters is 1. The van der Waals surface area contributed by atoms with Gasteiger partial charge in [-0.3, -0.25) is 4.79 Å². The van der Waals surface area contributed by atoms with Gasteiger partial charge >= 0.3 is 5.97 Å². The fraction of sp³-hybridized carbons (Fsp3) is 0.106. The average molecular weight is 914 g/mol. The largest absolute Gasteiger partial charge is 0.462 e. The number of hydrogen-bond acceptors (Lipinski definition) is 2. The minimum absolute atomic E-state index is 0.111. The molecule has 2 nitrogen and oxygen atoms in total. The maximum absolute atomic E-state index is 13.8. The van der Waals surface area contributed by atoms with Gasteiger partial charge in [0.1, 0.15) is 11.4 Å². The van der Waals surface area contributed by atoms with E-state index in [0.29, 0.717) is 0 Å². The lowest BCUT2D eigenvalue weighted by Gasteiger charge is -2.58. The molecule has 1 saturated carbocycles. The number of rotatable bonds is 2. The Labute approximate surface area is 383 Å². The Bertz CT molecular complexity index is 6970. The minimum atomic E-state index is -0.353. The SMILES string of the molecule is O=C(CBr)OC1CCC23c4c5c6c7c8c9c(c%10c%11c2c2c4c4c%12c5c5c6c6c8c8c%13c9c9c%10c%10c%11c%11c2c2c4c4c%12c%12c5c5c6c8c6c8c%13c9c9c%10c%10c%11c2c2c4c4c%12c5c6c5c8c9c%10c2c45)C73C1. The van der Waals surface area contributed by atoms with Crippen molar-refractivity contribution < 1.29 is 9.53 Å². The van der Waals surface area contributed by atoms with Crippen molar-refractivity contribution in [2.75, 3.05) is 5.33 Å². The number of carbonyl (C=O) groups excluding carboxylic acids is 1. The molecule has 5 aliphatic carbocycles. The first kappa shape index (κ1) is 26.2. The smallest absolute Gasteiger partial charge is 0.316 e. The maximum Gasteiger partial charge on any atom is 0.316 e. The van der Waals surface area contributed by atoms with E-state index in [-0.39, 0.29) is 28.2 Å². The van der Waals surface area contributed by atoms with E-state index in [4.69, 9.17) is 4.74 Å². The Hall–Kier alpha value is -7.59. The van der Waals surface area contributed by atoms with Gasteiger partial charge in [0.15, 0.2) is 0 Å². The number of carbonyl (C=O) groups is 1. The second kappa shape index (κ2) is 5.94. The van der Waals surface area contributed by atoms with E-state index >= 15 is 0 Å². The molecule has 0 saturated heterocycles. The maximum atomic E-state index is 13.8. The van der Waals surface area contributed by atoms with E-state index in [1.54, 1.807) is 313 Å². The van der Waals surface area contributed by atoms with Crippen LogP contribution in [-0.2, 0) is 20.4 Å². The van der Waals surface area contributed by atoms with Crippen molar-refractivity contribution >= 4 is 313 Å². The summed E-state index contributed by atoms with van der Waals surface area (Å²) in [5.74, 6) is -0.111. The Morgan fingerprint density at radius 3 is 0.667 bits per heavy atom. The lowest BCUT2D eigenvalue weighted by molar-refractivity contribution is -0.148. The van der Waals surface area contributed by atoms with Crippen molar-refractivity contribution in [3.05, 3.63) is 22.3 Å². The third kappa shape index (κ3) is 1.41. The number of benzene rings is 18. The molecule has 0 radical (unpaired) electrons. The van der Waals surface area contributed by atoms with Gasteiger partial charge in [-0.05, 0) is 332 Å². The van der Waals surface area contributed by atoms with Crippen molar-refractivity contribution in [3.63, 3.8) is 0 Å². The molecule has 0 bridgehead atoms. The second-order valence-corrected chi connectivity index (χ2v) is 26.1. The summed E-state index contributed by atoms with van der Waals surface area (Å²) in [7, 11) is 0. The van der Waals surface area contributed by atoms with Crippen molar-refractivity contribution in [2.24, 2.45) is 0 Å². The third-order valence-electron chi connectivity index (χ3n) is 25.5. The zero-order valence-corrected chi connectivity index (χ0v) is 36.7. The van der Waals surface area contributed by atoms with Crippen LogP contribution in [0.4, 0.5) is 0 Å². The van der Waals surface area contributed by atoms with E-state index in [1.165, 1.54) is 0 Å². The molecule has 1 atom stereocenters. The quantitative estimate of drug-likeness (QED) is 0.0981. The Balaban J connectivity index is 1.18. The highest BCUT2D eigenvalue weighted by molar-refractivity contribution is 9.09. The molecule has 0 amide bonds. The summed E-state index contributed by atoms with van der Waals surface area (Å²) in [4.78, 5) is 13.8. The normalized spacial score (nSPS) is 23.9. The first-order valence-electron chi connectivity index (χ1n) is 25.8. The van der Waals surface area contributed by atoms with Gasteiger partial charge in [-0.2, -0.15) is 0 Å². The molecular weight excluding hydrogens is 905 g/mol.